The summed E-state index contributed by atoms with van der Waals surface area (Å²) >= 11 is 0. The SMILES string of the molecule is CC(C)=C[C@@H]1[C@@H](C(=O)N[C@@H](C)c2cccc(S(N)(=O)=O)c2)C1(C)C. The third kappa shape index (κ3) is 3.87. The molecule has 1 aromatic rings. The van der Waals surface area contributed by atoms with Crippen molar-refractivity contribution in [2.45, 2.75) is 45.6 Å². The molecular weight excluding hydrogens is 324 g/mol. The molecular formula is C18H26N2O3S. The summed E-state index contributed by atoms with van der Waals surface area (Å²) < 4.78 is 22.9. The van der Waals surface area contributed by atoms with Gasteiger partial charge in [-0.3, -0.25) is 4.79 Å². The van der Waals surface area contributed by atoms with E-state index in [1.807, 2.05) is 20.8 Å². The number of benzene rings is 1. The number of carbonyl (C=O) groups excluding carboxylic acids is 1. The molecule has 1 aliphatic carbocycles. The first-order valence-corrected chi connectivity index (χ1v) is 9.57. The average Bonchev–Trinajstić information content (AvgIpc) is 2.98. The maximum Gasteiger partial charge on any atom is 0.238 e. The normalized spacial score (nSPS) is 23.2. The number of hydrogen-bond acceptors (Lipinski definition) is 3. The molecule has 1 aliphatic rings. The van der Waals surface area contributed by atoms with Crippen molar-refractivity contribution >= 4 is 15.9 Å². The standard InChI is InChI=1S/C18H26N2O3S/c1-11(2)9-15-16(18(15,4)5)17(21)20-12(3)13-7-6-8-14(10-13)24(19,22)23/h6-10,12,15-16H,1-5H3,(H,20,21)(H2,19,22,23)/t12-,15+,16-/m0/s1. The number of hydrogen-bond donors (Lipinski definition) is 2. The molecule has 0 radical (unpaired) electrons. The fraction of sp³-hybridized carbons (Fsp3) is 0.500. The number of rotatable bonds is 5. The minimum Gasteiger partial charge on any atom is -0.349 e. The number of carbonyl (C=O) groups is 1. The minimum absolute atomic E-state index is 0.00370. The lowest BCUT2D eigenvalue weighted by molar-refractivity contribution is -0.123. The highest BCUT2D eigenvalue weighted by Gasteiger charge is 2.60. The molecule has 0 bridgehead atoms. The summed E-state index contributed by atoms with van der Waals surface area (Å²) in [5, 5.41) is 8.16. The average molecular weight is 350 g/mol. The number of nitrogens with one attached hydrogen (secondary N) is 1. The third-order valence-corrected chi connectivity index (χ3v) is 5.66. The lowest BCUT2D eigenvalue weighted by atomic mass is 10.1. The summed E-state index contributed by atoms with van der Waals surface area (Å²) in [6, 6.07) is 6.08. The second-order valence-corrected chi connectivity index (χ2v) is 8.98. The molecule has 5 nitrogen and oxygen atoms in total. The Morgan fingerprint density at radius 1 is 1.33 bits per heavy atom. The van der Waals surface area contributed by atoms with Gasteiger partial charge in [-0.1, -0.05) is 37.6 Å². The predicted octanol–water partition coefficient (Wildman–Crippen LogP) is 2.75. The number of sulfonamides is 1. The largest absolute Gasteiger partial charge is 0.349 e. The molecule has 0 unspecified atom stereocenters. The van der Waals surface area contributed by atoms with E-state index in [-0.39, 0.29) is 34.1 Å². The van der Waals surface area contributed by atoms with E-state index < -0.39 is 10.0 Å². The molecule has 132 valence electrons. The van der Waals surface area contributed by atoms with Crippen molar-refractivity contribution in [3.63, 3.8) is 0 Å². The van der Waals surface area contributed by atoms with E-state index in [1.54, 1.807) is 12.1 Å². The van der Waals surface area contributed by atoms with Crippen molar-refractivity contribution in [1.82, 2.24) is 5.32 Å². The van der Waals surface area contributed by atoms with Gasteiger partial charge in [-0.05, 0) is 49.8 Å². The Kier molecular flexibility index (Phi) is 4.93. The number of nitrogens with two attached hydrogens (primary N) is 1. The maximum absolute atomic E-state index is 12.6. The molecule has 2 rings (SSSR count). The van der Waals surface area contributed by atoms with E-state index in [0.29, 0.717) is 5.56 Å². The first kappa shape index (κ1) is 18.7. The number of primary sulfonamides is 1. The lowest BCUT2D eigenvalue weighted by Crippen LogP contribution is -2.29. The summed E-state index contributed by atoms with van der Waals surface area (Å²) in [7, 11) is -3.75. The first-order valence-electron chi connectivity index (χ1n) is 8.02. The van der Waals surface area contributed by atoms with Crippen LogP contribution in [-0.2, 0) is 14.8 Å². The maximum atomic E-state index is 12.6. The van der Waals surface area contributed by atoms with Crippen molar-refractivity contribution < 1.29 is 13.2 Å². The van der Waals surface area contributed by atoms with E-state index >= 15 is 0 Å². The van der Waals surface area contributed by atoms with Gasteiger partial charge in [-0.2, -0.15) is 0 Å². The molecule has 0 aliphatic heterocycles. The molecule has 24 heavy (non-hydrogen) atoms. The van der Waals surface area contributed by atoms with Crippen LogP contribution >= 0.6 is 0 Å². The molecule has 1 saturated carbocycles. The molecule has 3 atom stereocenters. The first-order chi connectivity index (χ1) is 10.9. The van der Waals surface area contributed by atoms with E-state index in [0.717, 1.165) is 0 Å². The van der Waals surface area contributed by atoms with Crippen molar-refractivity contribution in [3.8, 4) is 0 Å². The Morgan fingerprint density at radius 2 is 1.96 bits per heavy atom. The van der Waals surface area contributed by atoms with E-state index in [1.165, 1.54) is 17.7 Å². The van der Waals surface area contributed by atoms with Crippen LogP contribution in [0.3, 0.4) is 0 Å². The smallest absolute Gasteiger partial charge is 0.238 e. The molecule has 0 aromatic heterocycles. The van der Waals surface area contributed by atoms with Gasteiger partial charge in [0.25, 0.3) is 0 Å². The van der Waals surface area contributed by atoms with Gasteiger partial charge in [0.15, 0.2) is 0 Å². The predicted molar refractivity (Wildman–Crippen MR) is 94.6 cm³/mol. The van der Waals surface area contributed by atoms with Crippen LogP contribution in [0.2, 0.25) is 0 Å². The van der Waals surface area contributed by atoms with Gasteiger partial charge >= 0.3 is 0 Å². The zero-order valence-corrected chi connectivity index (χ0v) is 15.6. The van der Waals surface area contributed by atoms with Crippen LogP contribution in [-0.4, -0.2) is 14.3 Å². The van der Waals surface area contributed by atoms with Crippen LogP contribution < -0.4 is 10.5 Å². The highest BCUT2D eigenvalue weighted by atomic mass is 32.2. The lowest BCUT2D eigenvalue weighted by Gasteiger charge is -2.15. The van der Waals surface area contributed by atoms with Crippen LogP contribution in [0, 0.1) is 17.3 Å². The summed E-state index contributed by atoms with van der Waals surface area (Å²) in [6.45, 7) is 10.1. The Labute approximate surface area is 144 Å². The molecule has 1 aromatic carbocycles. The number of allylic oxidation sites excluding steroid dienone is 2. The molecule has 6 heteroatoms. The quantitative estimate of drug-likeness (QED) is 0.800. The van der Waals surface area contributed by atoms with Crippen LogP contribution in [0.1, 0.15) is 46.2 Å². The highest BCUT2D eigenvalue weighted by Crippen LogP contribution is 2.59. The molecule has 0 spiro atoms. The second-order valence-electron chi connectivity index (χ2n) is 7.42. The Balaban J connectivity index is 2.12. The van der Waals surface area contributed by atoms with Gasteiger partial charge < -0.3 is 5.32 Å². The molecule has 1 amide bonds. The van der Waals surface area contributed by atoms with Crippen LogP contribution in [0.15, 0.2) is 40.8 Å². The van der Waals surface area contributed by atoms with E-state index in [2.05, 4.69) is 25.2 Å². The van der Waals surface area contributed by atoms with Gasteiger partial charge in [-0.25, -0.2) is 13.6 Å². The summed E-state index contributed by atoms with van der Waals surface area (Å²) in [4.78, 5) is 12.6. The van der Waals surface area contributed by atoms with Crippen molar-refractivity contribution in [2.75, 3.05) is 0 Å². The fourth-order valence-corrected chi connectivity index (χ4v) is 3.76. The van der Waals surface area contributed by atoms with Gasteiger partial charge in [0.1, 0.15) is 0 Å². The van der Waals surface area contributed by atoms with E-state index in [9.17, 15) is 13.2 Å². The molecule has 0 heterocycles. The highest BCUT2D eigenvalue weighted by molar-refractivity contribution is 7.89. The fourth-order valence-electron chi connectivity index (χ4n) is 3.20. The Bertz CT molecular complexity index is 777. The van der Waals surface area contributed by atoms with Crippen LogP contribution in [0.25, 0.3) is 0 Å². The zero-order chi connectivity index (χ0) is 18.3. The summed E-state index contributed by atoms with van der Waals surface area (Å²) in [6.07, 6.45) is 2.15. The van der Waals surface area contributed by atoms with Crippen LogP contribution in [0.5, 0.6) is 0 Å². The Hall–Kier alpha value is -1.66. The molecule has 1 fully saturated rings. The zero-order valence-electron chi connectivity index (χ0n) is 14.8. The topological polar surface area (TPSA) is 89.3 Å². The van der Waals surface area contributed by atoms with Gasteiger partial charge in [0.2, 0.25) is 15.9 Å². The van der Waals surface area contributed by atoms with Gasteiger partial charge in [-0.15, -0.1) is 0 Å². The monoisotopic (exact) mass is 350 g/mol. The van der Waals surface area contributed by atoms with Crippen molar-refractivity contribution in [3.05, 3.63) is 41.5 Å². The van der Waals surface area contributed by atoms with Crippen molar-refractivity contribution in [1.29, 1.82) is 0 Å². The second kappa shape index (κ2) is 6.33. The minimum atomic E-state index is -3.75. The number of amides is 1. The molecule has 0 saturated heterocycles. The van der Waals surface area contributed by atoms with Gasteiger partial charge in [0, 0.05) is 0 Å². The molecule has 3 N–H and O–H groups in total. The van der Waals surface area contributed by atoms with Crippen LogP contribution in [0.4, 0.5) is 0 Å². The third-order valence-electron chi connectivity index (χ3n) is 4.75. The van der Waals surface area contributed by atoms with E-state index in [4.69, 9.17) is 5.14 Å². The van der Waals surface area contributed by atoms with Gasteiger partial charge in [0.05, 0.1) is 16.9 Å². The Morgan fingerprint density at radius 3 is 2.50 bits per heavy atom. The van der Waals surface area contributed by atoms with Crippen molar-refractivity contribution in [2.24, 2.45) is 22.4 Å². The summed E-state index contributed by atoms with van der Waals surface area (Å²) in [5.74, 6) is 0.178. The summed E-state index contributed by atoms with van der Waals surface area (Å²) in [5.41, 5.74) is 1.87.